The zero-order chi connectivity index (χ0) is 22.1. The fraction of sp³-hybridized carbons (Fsp3) is 0.217. The highest BCUT2D eigenvalue weighted by molar-refractivity contribution is 7.99. The quantitative estimate of drug-likeness (QED) is 0.334. The molecule has 0 bridgehead atoms. The summed E-state index contributed by atoms with van der Waals surface area (Å²) in [6.07, 6.45) is 3.52. The van der Waals surface area contributed by atoms with Gasteiger partial charge in [0.25, 0.3) is 0 Å². The van der Waals surface area contributed by atoms with Crippen LogP contribution >= 0.6 is 23.1 Å². The molecule has 7 nitrogen and oxygen atoms in total. The van der Waals surface area contributed by atoms with Gasteiger partial charge >= 0.3 is 0 Å². The van der Waals surface area contributed by atoms with E-state index in [4.69, 9.17) is 5.84 Å². The minimum Gasteiger partial charge on any atom is -0.336 e. The maximum atomic E-state index is 12.5. The van der Waals surface area contributed by atoms with Gasteiger partial charge in [-0.15, -0.1) is 21.5 Å². The molecule has 3 N–H and O–H groups in total. The van der Waals surface area contributed by atoms with Crippen LogP contribution in [0.4, 0.5) is 5.00 Å². The average Bonchev–Trinajstić information content (AvgIpc) is 3.48. The molecule has 0 spiro atoms. The first-order chi connectivity index (χ1) is 15.6. The zero-order valence-corrected chi connectivity index (χ0v) is 18.8. The third kappa shape index (κ3) is 3.83. The first-order valence-corrected chi connectivity index (χ1v) is 12.1. The number of nitrogen functional groups attached to an aromatic ring is 1. The van der Waals surface area contributed by atoms with Gasteiger partial charge in [0.2, 0.25) is 11.1 Å². The number of nitrogens with two attached hydrogens (primary N) is 1. The number of amides is 1. The molecule has 0 unspecified atom stereocenters. The van der Waals surface area contributed by atoms with Crippen molar-refractivity contribution in [2.45, 2.75) is 30.8 Å². The molecule has 0 saturated carbocycles. The number of hydrogen-bond acceptors (Lipinski definition) is 7. The first kappa shape index (κ1) is 20.5. The lowest BCUT2D eigenvalue weighted by molar-refractivity contribution is -0.113. The topological polar surface area (TPSA) is 110 Å². The second-order valence-corrected chi connectivity index (χ2v) is 9.64. The van der Waals surface area contributed by atoms with E-state index in [1.165, 1.54) is 32.7 Å². The standard InChI is InChI=1S/C23H20N6OS2/c24-12-18-17-9-4-10-19(17)32-22(18)26-21(30)13-31-23-28-27-20(29(23)25)11-15-7-3-6-14-5-1-2-8-16(14)15/h1-3,5-8H,4,9-11,13,25H2,(H,26,30). The van der Waals surface area contributed by atoms with Crippen molar-refractivity contribution in [3.63, 3.8) is 0 Å². The summed E-state index contributed by atoms with van der Waals surface area (Å²) in [4.78, 5) is 13.7. The number of anilines is 1. The number of thioether (sulfide) groups is 1. The van der Waals surface area contributed by atoms with Crippen molar-refractivity contribution in [1.82, 2.24) is 14.9 Å². The Hall–Kier alpha value is -3.35. The first-order valence-electron chi connectivity index (χ1n) is 10.3. The smallest absolute Gasteiger partial charge is 0.235 e. The number of nitrogens with zero attached hydrogens (tertiary/aromatic N) is 4. The van der Waals surface area contributed by atoms with Crippen molar-refractivity contribution in [1.29, 1.82) is 5.26 Å². The minimum atomic E-state index is -0.190. The largest absolute Gasteiger partial charge is 0.336 e. The normalized spacial score (nSPS) is 12.6. The van der Waals surface area contributed by atoms with Gasteiger partial charge in [-0.05, 0) is 41.2 Å². The number of aryl methyl sites for hydroxylation is 1. The van der Waals surface area contributed by atoms with Crippen molar-refractivity contribution in [2.24, 2.45) is 0 Å². The number of hydrogen-bond donors (Lipinski definition) is 2. The fourth-order valence-corrected chi connectivity index (χ4v) is 5.98. The number of nitriles is 1. The lowest BCUT2D eigenvalue weighted by Crippen LogP contribution is -2.17. The molecule has 2 aromatic heterocycles. The van der Waals surface area contributed by atoms with Gasteiger partial charge in [-0.1, -0.05) is 54.2 Å². The van der Waals surface area contributed by atoms with E-state index in [1.54, 1.807) is 0 Å². The van der Waals surface area contributed by atoms with Crippen LogP contribution in [0.2, 0.25) is 0 Å². The van der Waals surface area contributed by atoms with Crippen LogP contribution in [0.25, 0.3) is 10.8 Å². The Kier molecular flexibility index (Phi) is 5.55. The van der Waals surface area contributed by atoms with Crippen LogP contribution in [0.15, 0.2) is 47.6 Å². The molecule has 9 heteroatoms. The van der Waals surface area contributed by atoms with E-state index in [1.807, 2.05) is 18.2 Å². The molecule has 4 aromatic rings. The minimum absolute atomic E-state index is 0.136. The summed E-state index contributed by atoms with van der Waals surface area (Å²) in [7, 11) is 0. The van der Waals surface area contributed by atoms with Crippen LogP contribution < -0.4 is 11.2 Å². The average molecular weight is 461 g/mol. The van der Waals surface area contributed by atoms with Gasteiger partial charge in [0.1, 0.15) is 11.1 Å². The van der Waals surface area contributed by atoms with Crippen LogP contribution in [0, 0.1) is 11.3 Å². The summed E-state index contributed by atoms with van der Waals surface area (Å²) in [6, 6.07) is 16.6. The third-order valence-corrected chi connectivity index (χ3v) is 7.73. The maximum Gasteiger partial charge on any atom is 0.235 e. The van der Waals surface area contributed by atoms with Crippen LogP contribution in [-0.2, 0) is 24.1 Å². The van der Waals surface area contributed by atoms with Gasteiger partial charge in [-0.2, -0.15) is 5.26 Å². The predicted molar refractivity (Wildman–Crippen MR) is 127 cm³/mol. The maximum absolute atomic E-state index is 12.5. The van der Waals surface area contributed by atoms with E-state index in [0.29, 0.717) is 28.0 Å². The SMILES string of the molecule is N#Cc1c(NC(=O)CSc2nnc(Cc3cccc4ccccc34)n2N)sc2c1CCC2. The van der Waals surface area contributed by atoms with Crippen LogP contribution in [-0.4, -0.2) is 26.5 Å². The molecule has 0 radical (unpaired) electrons. The molecule has 2 heterocycles. The van der Waals surface area contributed by atoms with Gasteiger partial charge in [0.15, 0.2) is 5.82 Å². The lowest BCUT2D eigenvalue weighted by Gasteiger charge is -2.07. The summed E-state index contributed by atoms with van der Waals surface area (Å²) >= 11 is 2.74. The Labute approximate surface area is 193 Å². The van der Waals surface area contributed by atoms with Crippen LogP contribution in [0.1, 0.15) is 33.8 Å². The van der Waals surface area contributed by atoms with E-state index in [2.05, 4.69) is 45.8 Å². The fourth-order valence-electron chi connectivity index (χ4n) is 4.05. The summed E-state index contributed by atoms with van der Waals surface area (Å²) in [5.74, 6) is 6.80. The van der Waals surface area contributed by atoms with E-state index in [0.717, 1.165) is 41.2 Å². The van der Waals surface area contributed by atoms with E-state index < -0.39 is 0 Å². The molecule has 1 amide bonds. The van der Waals surface area contributed by atoms with Crippen molar-refractivity contribution in [3.8, 4) is 6.07 Å². The molecule has 1 aliphatic rings. The highest BCUT2D eigenvalue weighted by Crippen LogP contribution is 2.38. The van der Waals surface area contributed by atoms with Crippen molar-refractivity contribution in [2.75, 3.05) is 16.9 Å². The van der Waals surface area contributed by atoms with E-state index in [9.17, 15) is 10.1 Å². The second-order valence-electron chi connectivity index (χ2n) is 7.59. The monoisotopic (exact) mass is 460 g/mol. The van der Waals surface area contributed by atoms with E-state index in [-0.39, 0.29) is 11.7 Å². The molecule has 1 aliphatic carbocycles. The molecular formula is C23H20N6OS2. The number of nitrogens with one attached hydrogen (secondary N) is 1. The Balaban J connectivity index is 1.25. The lowest BCUT2D eigenvalue weighted by atomic mass is 10.0. The molecular weight excluding hydrogens is 440 g/mol. The summed E-state index contributed by atoms with van der Waals surface area (Å²) < 4.78 is 1.44. The molecule has 0 aliphatic heterocycles. The third-order valence-electron chi connectivity index (χ3n) is 5.58. The van der Waals surface area contributed by atoms with Gasteiger partial charge in [-0.3, -0.25) is 4.79 Å². The Morgan fingerprint density at radius 1 is 1.22 bits per heavy atom. The highest BCUT2D eigenvalue weighted by atomic mass is 32.2. The van der Waals surface area contributed by atoms with Gasteiger partial charge in [0.05, 0.1) is 11.3 Å². The number of aromatic nitrogens is 3. The number of carbonyl (C=O) groups is 1. The number of rotatable bonds is 6. The molecule has 2 aromatic carbocycles. The molecule has 32 heavy (non-hydrogen) atoms. The van der Waals surface area contributed by atoms with Crippen molar-refractivity contribution in [3.05, 3.63) is 69.9 Å². The van der Waals surface area contributed by atoms with Crippen molar-refractivity contribution < 1.29 is 4.79 Å². The van der Waals surface area contributed by atoms with Crippen molar-refractivity contribution >= 4 is 44.8 Å². The summed E-state index contributed by atoms with van der Waals surface area (Å²) in [5, 5.41) is 24.2. The Morgan fingerprint density at radius 3 is 2.94 bits per heavy atom. The number of benzene rings is 2. The molecule has 0 atom stereocenters. The Morgan fingerprint density at radius 2 is 2.06 bits per heavy atom. The summed E-state index contributed by atoms with van der Waals surface area (Å²) in [5.41, 5.74) is 2.83. The molecule has 160 valence electrons. The van der Waals surface area contributed by atoms with Gasteiger partial charge < -0.3 is 11.2 Å². The predicted octanol–water partition coefficient (Wildman–Crippen LogP) is 3.89. The molecule has 5 rings (SSSR count). The zero-order valence-electron chi connectivity index (χ0n) is 17.2. The molecule has 0 saturated heterocycles. The Bertz CT molecular complexity index is 1360. The van der Waals surface area contributed by atoms with Crippen LogP contribution in [0.5, 0.6) is 0 Å². The molecule has 0 fully saturated rings. The second kappa shape index (κ2) is 8.65. The van der Waals surface area contributed by atoms with Gasteiger partial charge in [0, 0.05) is 11.3 Å². The van der Waals surface area contributed by atoms with E-state index >= 15 is 0 Å². The summed E-state index contributed by atoms with van der Waals surface area (Å²) in [6.45, 7) is 0. The number of fused-ring (bicyclic) bond motifs is 2. The van der Waals surface area contributed by atoms with Crippen LogP contribution in [0.3, 0.4) is 0 Å². The van der Waals surface area contributed by atoms with Gasteiger partial charge in [-0.25, -0.2) is 4.68 Å². The number of thiophene rings is 1. The number of carbonyl (C=O) groups excluding carboxylic acids is 1. The highest BCUT2D eigenvalue weighted by Gasteiger charge is 2.23.